The van der Waals surface area contributed by atoms with Crippen molar-refractivity contribution in [3.8, 4) is 11.5 Å². The lowest BCUT2D eigenvalue weighted by Crippen LogP contribution is -2.60. The number of carbonyl (C=O) groups is 1. The quantitative estimate of drug-likeness (QED) is 0.903. The van der Waals surface area contributed by atoms with Crippen LogP contribution in [0.1, 0.15) is 24.3 Å². The summed E-state index contributed by atoms with van der Waals surface area (Å²) >= 11 is 0. The maximum atomic E-state index is 11.3. The van der Waals surface area contributed by atoms with Gasteiger partial charge in [-0.3, -0.25) is 14.6 Å². The fraction of sp³-hybridized carbons (Fsp3) is 0.611. The summed E-state index contributed by atoms with van der Waals surface area (Å²) < 4.78 is 11.0. The van der Waals surface area contributed by atoms with Crippen molar-refractivity contribution >= 4 is 5.97 Å². The second-order valence-corrected chi connectivity index (χ2v) is 7.40. The maximum Gasteiger partial charge on any atom is 0.317 e. The topological polar surface area (TPSA) is 62.2 Å². The lowest BCUT2D eigenvalue weighted by molar-refractivity contribution is -0.139. The number of carboxylic acid groups (broad SMARTS) is 1. The van der Waals surface area contributed by atoms with Crippen molar-refractivity contribution in [2.24, 2.45) is 5.92 Å². The van der Waals surface area contributed by atoms with Gasteiger partial charge in [0.15, 0.2) is 11.5 Å². The molecule has 0 radical (unpaired) electrons. The van der Waals surface area contributed by atoms with Crippen LogP contribution in [0.25, 0.3) is 0 Å². The highest BCUT2D eigenvalue weighted by Crippen LogP contribution is 2.47. The molecule has 4 saturated heterocycles. The number of nitrogens with zero attached hydrogens (tertiary/aromatic N) is 2. The van der Waals surface area contributed by atoms with Crippen molar-refractivity contribution in [3.63, 3.8) is 0 Å². The molecule has 3 atom stereocenters. The largest absolute Gasteiger partial charge is 0.480 e. The van der Waals surface area contributed by atoms with E-state index in [1.54, 1.807) is 0 Å². The van der Waals surface area contributed by atoms with Gasteiger partial charge in [0.2, 0.25) is 6.79 Å². The normalized spacial score (nSPS) is 36.8. The minimum Gasteiger partial charge on any atom is -0.480 e. The van der Waals surface area contributed by atoms with E-state index in [1.165, 1.54) is 18.4 Å². The van der Waals surface area contributed by atoms with E-state index in [0.717, 1.165) is 31.1 Å². The lowest BCUT2D eigenvalue weighted by Gasteiger charge is -2.51. The molecule has 5 heterocycles. The summed E-state index contributed by atoms with van der Waals surface area (Å²) in [4.78, 5) is 16.1. The van der Waals surface area contributed by atoms with E-state index in [4.69, 9.17) is 9.47 Å². The third-order valence-corrected chi connectivity index (χ3v) is 6.26. The highest BCUT2D eigenvalue weighted by molar-refractivity contribution is 5.69. The van der Waals surface area contributed by atoms with E-state index in [0.29, 0.717) is 23.9 Å². The van der Waals surface area contributed by atoms with Crippen LogP contribution in [0.5, 0.6) is 11.5 Å². The summed E-state index contributed by atoms with van der Waals surface area (Å²) in [5.74, 6) is 1.87. The number of hydrogen-bond donors (Lipinski definition) is 1. The van der Waals surface area contributed by atoms with Crippen LogP contribution in [-0.4, -0.2) is 65.9 Å². The first-order valence-corrected chi connectivity index (χ1v) is 8.80. The molecule has 128 valence electrons. The van der Waals surface area contributed by atoms with Crippen LogP contribution >= 0.6 is 0 Å². The number of fused-ring (bicyclic) bond motifs is 3. The number of piperidine rings is 3. The number of carboxylic acids is 1. The van der Waals surface area contributed by atoms with Gasteiger partial charge >= 0.3 is 5.97 Å². The fourth-order valence-electron chi connectivity index (χ4n) is 5.33. The van der Waals surface area contributed by atoms with E-state index in [-0.39, 0.29) is 13.3 Å². The van der Waals surface area contributed by atoms with E-state index in [1.807, 2.05) is 6.07 Å². The van der Waals surface area contributed by atoms with Gasteiger partial charge in [0.1, 0.15) is 0 Å². The highest BCUT2D eigenvalue weighted by Gasteiger charge is 2.53. The third-order valence-electron chi connectivity index (χ3n) is 6.26. The average Bonchev–Trinajstić information content (AvgIpc) is 3.20. The predicted octanol–water partition coefficient (Wildman–Crippen LogP) is 1.36. The van der Waals surface area contributed by atoms with Crippen molar-refractivity contribution in [1.82, 2.24) is 9.80 Å². The summed E-state index contributed by atoms with van der Waals surface area (Å²) in [5.41, 5.74) is 1.25. The molecule has 0 amide bonds. The molecular formula is C18H22N2O4. The van der Waals surface area contributed by atoms with Gasteiger partial charge in [0.25, 0.3) is 0 Å². The van der Waals surface area contributed by atoms with Gasteiger partial charge in [-0.1, -0.05) is 6.07 Å². The Morgan fingerprint density at radius 2 is 1.96 bits per heavy atom. The molecule has 1 N–H and O–H groups in total. The first-order chi connectivity index (χ1) is 11.7. The summed E-state index contributed by atoms with van der Waals surface area (Å²) in [5, 5.41) is 9.33. The zero-order valence-corrected chi connectivity index (χ0v) is 13.6. The summed E-state index contributed by atoms with van der Waals surface area (Å²) in [7, 11) is 0. The molecule has 1 aromatic rings. The molecule has 4 fully saturated rings. The Kier molecular flexibility index (Phi) is 3.25. The van der Waals surface area contributed by atoms with Crippen LogP contribution in [0.15, 0.2) is 18.2 Å². The first-order valence-electron chi connectivity index (χ1n) is 8.80. The van der Waals surface area contributed by atoms with Crippen LogP contribution in [0.3, 0.4) is 0 Å². The highest BCUT2D eigenvalue weighted by atomic mass is 16.7. The zero-order valence-electron chi connectivity index (χ0n) is 13.6. The first kappa shape index (κ1) is 14.5. The van der Waals surface area contributed by atoms with Crippen molar-refractivity contribution in [2.45, 2.75) is 30.8 Å². The Hall–Kier alpha value is -1.79. The number of rotatable bonds is 3. The Morgan fingerprint density at radius 3 is 2.75 bits per heavy atom. The zero-order chi connectivity index (χ0) is 16.3. The molecule has 1 aromatic carbocycles. The van der Waals surface area contributed by atoms with Gasteiger partial charge in [-0.15, -0.1) is 0 Å². The van der Waals surface area contributed by atoms with Gasteiger partial charge in [0, 0.05) is 24.5 Å². The lowest BCUT2D eigenvalue weighted by atomic mass is 9.75. The van der Waals surface area contributed by atoms with E-state index >= 15 is 0 Å². The van der Waals surface area contributed by atoms with Crippen molar-refractivity contribution < 1.29 is 19.4 Å². The summed E-state index contributed by atoms with van der Waals surface area (Å²) in [6, 6.07) is 7.01. The minimum atomic E-state index is -0.725. The number of ether oxygens (including phenoxy) is 2. The number of benzene rings is 1. The third kappa shape index (κ3) is 2.13. The molecule has 0 spiro atoms. The second-order valence-electron chi connectivity index (χ2n) is 7.40. The maximum absolute atomic E-state index is 11.3. The molecule has 0 aromatic heterocycles. The molecule has 6 rings (SSSR count). The van der Waals surface area contributed by atoms with Crippen molar-refractivity contribution in [1.29, 1.82) is 0 Å². The van der Waals surface area contributed by atoms with E-state index in [9.17, 15) is 9.90 Å². The standard InChI is InChI=1S/C18H22N2O4/c21-16(22)9-20-8-13(12-1-2-14-15(7-12)24-10-23-14)18-17(20)11-3-5-19(18)6-4-11/h1-2,7,11,13,17-18H,3-6,8-10H2,(H,21,22)/t13-,17-,18-/m1/s1. The average molecular weight is 330 g/mol. The number of hydrogen-bond acceptors (Lipinski definition) is 5. The molecule has 5 aliphatic rings. The van der Waals surface area contributed by atoms with Crippen LogP contribution in [0.4, 0.5) is 0 Å². The van der Waals surface area contributed by atoms with Crippen molar-refractivity contribution in [2.75, 3.05) is 33.0 Å². The van der Waals surface area contributed by atoms with Crippen molar-refractivity contribution in [3.05, 3.63) is 23.8 Å². The summed E-state index contributed by atoms with van der Waals surface area (Å²) in [6.45, 7) is 3.54. The molecule has 24 heavy (non-hydrogen) atoms. The molecule has 0 aliphatic carbocycles. The smallest absolute Gasteiger partial charge is 0.317 e. The van der Waals surface area contributed by atoms with Crippen LogP contribution in [0, 0.1) is 5.92 Å². The van der Waals surface area contributed by atoms with Gasteiger partial charge in [-0.05, 0) is 49.5 Å². The minimum absolute atomic E-state index is 0.145. The Labute approximate surface area is 140 Å². The second kappa shape index (κ2) is 5.36. The Balaban J connectivity index is 1.50. The van der Waals surface area contributed by atoms with Crippen LogP contribution in [-0.2, 0) is 4.79 Å². The van der Waals surface area contributed by atoms with E-state index < -0.39 is 5.97 Å². The molecule has 2 bridgehead atoms. The molecule has 0 unspecified atom stereocenters. The van der Waals surface area contributed by atoms with Gasteiger partial charge < -0.3 is 14.6 Å². The number of aliphatic carboxylic acids is 1. The van der Waals surface area contributed by atoms with Gasteiger partial charge in [0.05, 0.1) is 6.54 Å². The molecule has 6 heteroatoms. The predicted molar refractivity (Wildman–Crippen MR) is 86.4 cm³/mol. The van der Waals surface area contributed by atoms with Gasteiger partial charge in [-0.25, -0.2) is 0 Å². The monoisotopic (exact) mass is 330 g/mol. The summed E-state index contributed by atoms with van der Waals surface area (Å²) in [6.07, 6.45) is 2.40. The van der Waals surface area contributed by atoms with Crippen LogP contribution in [0.2, 0.25) is 0 Å². The SMILES string of the molecule is O=C(O)CN1C[C@H](c2ccc3c(c2)OCO3)[C@@H]2[C@H]1C1CCN2CC1. The van der Waals surface area contributed by atoms with Gasteiger partial charge in [-0.2, -0.15) is 0 Å². The number of likely N-dealkylation sites (tertiary alicyclic amines) is 1. The molecule has 5 aliphatic heterocycles. The van der Waals surface area contributed by atoms with E-state index in [2.05, 4.69) is 21.9 Å². The molecule has 6 nitrogen and oxygen atoms in total. The molecular weight excluding hydrogens is 308 g/mol. The van der Waals surface area contributed by atoms with Crippen LogP contribution < -0.4 is 9.47 Å². The Morgan fingerprint density at radius 1 is 1.17 bits per heavy atom. The Bertz CT molecular complexity index is 671. The fourth-order valence-corrected chi connectivity index (χ4v) is 5.33. The molecule has 0 saturated carbocycles.